The standard InChI is InChI=1S/C51H75N19O10/c52-14-4-1-7-37(64-44(72)36(55)18-31-22-56-26-60-31)45(73)68-41(19-32-23-57-27-61-32)49(77)65-38(8-2-5-15-53)46(74)67-40(17-30-10-12-35(71)13-11-30)48(76)69-42(20-33-24-58-28-62-33)50(78)66-39(9-3-6-16-54)47(75)70-43(51(79)80)21-34-25-59-29-63-34/h10-13,22-29,36-43,71H,1-9,14-21,52-55H2,(H,56,60)(H,57,61)(H,58,62)(H,59,63)(H,64,72)(H,65,77)(H,66,78)(H,67,74)(H,68,73)(H,69,76)(H,70,75)(H,79,80)/t36-,37-,38-,39-,40-,41-,42-,43-/m0/s1. The number of phenolic OH excluding ortho intramolecular Hbond substituents is 1. The number of nitrogens with zero attached hydrogens (tertiary/aromatic N) is 4. The number of aromatic amines is 4. The number of hydrogen-bond acceptors (Lipinski definition) is 17. The van der Waals surface area contributed by atoms with Crippen LogP contribution in [0.1, 0.15) is 86.1 Å². The van der Waals surface area contributed by atoms with E-state index in [9.17, 15) is 48.6 Å². The number of unbranched alkanes of at least 4 members (excludes halogenated alkanes) is 3. The molecule has 1 aromatic carbocycles. The molecule has 5 rings (SSSR count). The van der Waals surface area contributed by atoms with Crippen LogP contribution in [-0.4, -0.2) is 165 Å². The number of carbonyl (C=O) groups excluding carboxylic acids is 7. The molecule has 80 heavy (non-hydrogen) atoms. The Morgan fingerprint density at radius 2 is 0.713 bits per heavy atom. The predicted molar refractivity (Wildman–Crippen MR) is 289 cm³/mol. The van der Waals surface area contributed by atoms with Gasteiger partial charge in [-0.1, -0.05) is 12.1 Å². The van der Waals surface area contributed by atoms with Gasteiger partial charge in [0.2, 0.25) is 41.4 Å². The van der Waals surface area contributed by atoms with Crippen LogP contribution < -0.4 is 60.2 Å². The lowest BCUT2D eigenvalue weighted by atomic mass is 10.0. The third kappa shape index (κ3) is 21.0. The fourth-order valence-electron chi connectivity index (χ4n) is 8.47. The SMILES string of the molecule is NCCCC[C@H](NC(=O)[C@H](Cc1cnc[nH]1)NC(=O)[C@H](Cc1ccc(O)cc1)NC(=O)[C@H](CCCCN)NC(=O)[C@H](Cc1cnc[nH]1)NC(=O)[C@H](CCCCN)NC(=O)[C@@H](N)Cc1cnc[nH]1)C(=O)N[C@@H](Cc1cnc[nH]1)C(=O)O. The summed E-state index contributed by atoms with van der Waals surface area (Å²) >= 11 is 0. The van der Waals surface area contributed by atoms with Crippen molar-refractivity contribution in [3.63, 3.8) is 0 Å². The number of imidazole rings is 4. The number of H-pyrrole nitrogens is 4. The number of hydrogen-bond donors (Lipinski definition) is 17. The largest absolute Gasteiger partial charge is 0.508 e. The summed E-state index contributed by atoms with van der Waals surface area (Å²) < 4.78 is 0. The Morgan fingerprint density at radius 3 is 1.05 bits per heavy atom. The van der Waals surface area contributed by atoms with Gasteiger partial charge in [0.25, 0.3) is 0 Å². The van der Waals surface area contributed by atoms with Gasteiger partial charge in [0.1, 0.15) is 48.0 Å². The van der Waals surface area contributed by atoms with Crippen molar-refractivity contribution in [3.05, 3.63) is 103 Å². The van der Waals surface area contributed by atoms with Crippen LogP contribution in [-0.2, 0) is 70.5 Å². The molecule has 434 valence electrons. The van der Waals surface area contributed by atoms with Gasteiger partial charge in [-0.3, -0.25) is 33.6 Å². The van der Waals surface area contributed by atoms with Crippen LogP contribution in [0.2, 0.25) is 0 Å². The molecule has 0 aliphatic heterocycles. The van der Waals surface area contributed by atoms with E-state index in [1.54, 1.807) is 0 Å². The van der Waals surface area contributed by atoms with Crippen molar-refractivity contribution >= 4 is 47.3 Å². The number of aromatic nitrogens is 8. The summed E-state index contributed by atoms with van der Waals surface area (Å²) in [6.45, 7) is 0.839. The normalized spacial score (nSPS) is 14.2. The van der Waals surface area contributed by atoms with Gasteiger partial charge in [-0.2, -0.15) is 0 Å². The highest BCUT2D eigenvalue weighted by atomic mass is 16.4. The Morgan fingerprint density at radius 1 is 0.412 bits per heavy atom. The fourth-order valence-corrected chi connectivity index (χ4v) is 8.47. The second kappa shape index (κ2) is 33.0. The van der Waals surface area contributed by atoms with Gasteiger partial charge in [-0.25, -0.2) is 24.7 Å². The van der Waals surface area contributed by atoms with E-state index in [0.717, 1.165) is 0 Å². The molecule has 4 heterocycles. The maximum Gasteiger partial charge on any atom is 0.326 e. The Bertz CT molecular complexity index is 2670. The van der Waals surface area contributed by atoms with Crippen LogP contribution >= 0.6 is 0 Å². The Labute approximate surface area is 461 Å². The molecule has 5 aromatic rings. The summed E-state index contributed by atoms with van der Waals surface area (Å²) in [6, 6.07) is -4.67. The summed E-state index contributed by atoms with van der Waals surface area (Å²) in [6.07, 6.45) is 13.6. The van der Waals surface area contributed by atoms with Crippen LogP contribution in [0.5, 0.6) is 5.75 Å². The molecule has 8 atom stereocenters. The minimum atomic E-state index is -1.46. The van der Waals surface area contributed by atoms with Crippen molar-refractivity contribution in [3.8, 4) is 5.75 Å². The van der Waals surface area contributed by atoms with Gasteiger partial charge in [0.05, 0.1) is 31.4 Å². The van der Waals surface area contributed by atoms with Gasteiger partial charge in [0, 0.05) is 79.7 Å². The number of phenols is 1. The number of aromatic hydroxyl groups is 1. The highest BCUT2D eigenvalue weighted by Gasteiger charge is 2.35. The van der Waals surface area contributed by atoms with E-state index in [4.69, 9.17) is 22.9 Å². The van der Waals surface area contributed by atoms with Crippen molar-refractivity contribution in [1.82, 2.24) is 77.1 Å². The Hall–Kier alpha value is -8.54. The van der Waals surface area contributed by atoms with Crippen molar-refractivity contribution < 1.29 is 48.6 Å². The molecule has 0 unspecified atom stereocenters. The van der Waals surface area contributed by atoms with Crippen LogP contribution in [0.3, 0.4) is 0 Å². The molecule has 29 heteroatoms. The van der Waals surface area contributed by atoms with E-state index >= 15 is 0 Å². The maximum absolute atomic E-state index is 14.7. The fraction of sp³-hybridized carbons (Fsp3) is 0.490. The zero-order valence-corrected chi connectivity index (χ0v) is 44.3. The van der Waals surface area contributed by atoms with Crippen LogP contribution in [0.15, 0.2) is 74.4 Å². The van der Waals surface area contributed by atoms with Crippen LogP contribution in [0.4, 0.5) is 0 Å². The van der Waals surface area contributed by atoms with E-state index in [1.807, 2.05) is 0 Å². The smallest absolute Gasteiger partial charge is 0.326 e. The second-order valence-corrected chi connectivity index (χ2v) is 19.2. The van der Waals surface area contributed by atoms with Crippen LogP contribution in [0.25, 0.3) is 0 Å². The van der Waals surface area contributed by atoms with E-state index in [-0.39, 0.29) is 70.2 Å². The Kier molecular flexibility index (Phi) is 25.7. The molecule has 0 bridgehead atoms. The lowest BCUT2D eigenvalue weighted by Gasteiger charge is -2.28. The topological polar surface area (TPSA) is 480 Å². The molecular formula is C51H75N19O10. The van der Waals surface area contributed by atoms with Gasteiger partial charge < -0.3 is 90.3 Å². The summed E-state index contributed by atoms with van der Waals surface area (Å²) in [5, 5.41) is 39.0. The van der Waals surface area contributed by atoms with E-state index < -0.39 is 95.7 Å². The van der Waals surface area contributed by atoms with E-state index in [2.05, 4.69) is 77.1 Å². The number of nitrogens with one attached hydrogen (secondary N) is 11. The molecular weight excluding hydrogens is 1040 g/mol. The molecule has 0 aliphatic rings. The average Bonchev–Trinajstić information content (AvgIpc) is 4.32. The molecule has 0 aliphatic carbocycles. The molecule has 21 N–H and O–H groups in total. The number of carboxylic acids is 1. The van der Waals surface area contributed by atoms with E-state index in [1.165, 1.54) is 74.4 Å². The molecule has 0 radical (unpaired) electrons. The first kappa shape index (κ1) is 62.3. The van der Waals surface area contributed by atoms with Crippen molar-refractivity contribution in [1.29, 1.82) is 0 Å². The first-order chi connectivity index (χ1) is 38.6. The quantitative estimate of drug-likeness (QED) is 0.0176. The first-order valence-corrected chi connectivity index (χ1v) is 26.4. The minimum absolute atomic E-state index is 0.0160. The number of carboxylic acid groups (broad SMARTS) is 1. The van der Waals surface area contributed by atoms with Crippen LogP contribution in [0, 0.1) is 0 Å². The summed E-state index contributed by atoms with van der Waals surface area (Å²) in [7, 11) is 0. The van der Waals surface area contributed by atoms with Crippen molar-refractivity contribution in [2.75, 3.05) is 19.6 Å². The molecule has 4 aromatic heterocycles. The third-order valence-electron chi connectivity index (χ3n) is 12.9. The number of benzene rings is 1. The minimum Gasteiger partial charge on any atom is -0.508 e. The first-order valence-electron chi connectivity index (χ1n) is 26.4. The number of carbonyl (C=O) groups is 8. The number of aliphatic carboxylic acids is 1. The maximum atomic E-state index is 14.7. The monoisotopic (exact) mass is 1110 g/mol. The number of rotatable bonds is 37. The zero-order valence-electron chi connectivity index (χ0n) is 44.3. The molecule has 0 spiro atoms. The summed E-state index contributed by atoms with van der Waals surface area (Å²) in [5.41, 5.74) is 25.9. The Balaban J connectivity index is 1.40. The molecule has 7 amide bonds. The predicted octanol–water partition coefficient (Wildman–Crippen LogP) is -3.01. The molecule has 0 saturated heterocycles. The van der Waals surface area contributed by atoms with Gasteiger partial charge >= 0.3 is 5.97 Å². The zero-order chi connectivity index (χ0) is 57.8. The average molecular weight is 1110 g/mol. The van der Waals surface area contributed by atoms with Gasteiger partial charge in [-0.05, 0) is 95.1 Å². The van der Waals surface area contributed by atoms with Gasteiger partial charge in [-0.15, -0.1) is 0 Å². The summed E-state index contributed by atoms with van der Waals surface area (Å²) in [4.78, 5) is 139. The molecule has 0 saturated carbocycles. The van der Waals surface area contributed by atoms with E-state index in [0.29, 0.717) is 73.4 Å². The highest BCUT2D eigenvalue weighted by Crippen LogP contribution is 2.14. The molecule has 29 nitrogen and oxygen atoms in total. The third-order valence-corrected chi connectivity index (χ3v) is 12.9. The molecule has 0 fully saturated rings. The second-order valence-electron chi connectivity index (χ2n) is 19.2. The number of amides is 7. The van der Waals surface area contributed by atoms with Gasteiger partial charge in [0.15, 0.2) is 0 Å². The highest BCUT2D eigenvalue weighted by molar-refractivity contribution is 5.98. The lowest BCUT2D eigenvalue weighted by Crippen LogP contribution is -2.61. The summed E-state index contributed by atoms with van der Waals surface area (Å²) in [5.74, 6) is -6.91. The number of nitrogens with two attached hydrogens (primary N) is 4. The van der Waals surface area contributed by atoms with Crippen molar-refractivity contribution in [2.45, 2.75) is 138 Å². The lowest BCUT2D eigenvalue weighted by molar-refractivity contribution is -0.142. The van der Waals surface area contributed by atoms with Crippen molar-refractivity contribution in [2.24, 2.45) is 22.9 Å².